The van der Waals surface area contributed by atoms with Crippen LogP contribution in [-0.2, 0) is 0 Å². The Morgan fingerprint density at radius 3 is 1.25 bits per heavy atom. The van der Waals surface area contributed by atoms with Crippen LogP contribution >= 0.6 is 23.2 Å². The van der Waals surface area contributed by atoms with Crippen molar-refractivity contribution in [3.63, 3.8) is 0 Å². The van der Waals surface area contributed by atoms with E-state index in [0.717, 1.165) is 28.8 Å². The van der Waals surface area contributed by atoms with E-state index >= 15 is 0 Å². The summed E-state index contributed by atoms with van der Waals surface area (Å²) in [6.45, 7) is 7.92. The van der Waals surface area contributed by atoms with Gasteiger partial charge in [0, 0.05) is 6.07 Å². The summed E-state index contributed by atoms with van der Waals surface area (Å²) >= 11 is 10.9. The molecular formula is C14H16Cl2N2O2. The van der Waals surface area contributed by atoms with E-state index in [1.54, 1.807) is 0 Å². The summed E-state index contributed by atoms with van der Waals surface area (Å²) in [5.74, 6) is -0.355. The molecule has 1 aromatic carbocycles. The van der Waals surface area contributed by atoms with E-state index in [9.17, 15) is 0 Å². The number of hydrogen-bond acceptors (Lipinski definition) is 4. The highest BCUT2D eigenvalue weighted by Crippen LogP contribution is 2.33. The van der Waals surface area contributed by atoms with Gasteiger partial charge in [-0.15, -0.1) is 0 Å². The van der Waals surface area contributed by atoms with Gasteiger partial charge in [0.05, 0.1) is 32.8 Å². The molecule has 0 amide bonds. The van der Waals surface area contributed by atoms with Crippen molar-refractivity contribution in [1.29, 1.82) is 0 Å². The van der Waals surface area contributed by atoms with Crippen LogP contribution in [0.5, 0.6) is 11.5 Å². The molecule has 0 bridgehead atoms. The third-order valence-electron chi connectivity index (χ3n) is 2.73. The average molecular weight is 315 g/mol. The van der Waals surface area contributed by atoms with Crippen molar-refractivity contribution in [3.8, 4) is 11.5 Å². The lowest BCUT2D eigenvalue weighted by molar-refractivity contribution is 0.451. The molecule has 0 saturated heterocycles. The zero-order chi connectivity index (χ0) is 15.4. The van der Waals surface area contributed by atoms with E-state index in [1.165, 1.54) is 6.07 Å². The van der Waals surface area contributed by atoms with E-state index in [1.807, 2.05) is 27.7 Å². The summed E-state index contributed by atoms with van der Waals surface area (Å²) in [4.78, 5) is 8.62. The molecule has 0 fully saturated rings. The van der Waals surface area contributed by atoms with E-state index < -0.39 is 0 Å². The number of rotatable bonds is 0. The fourth-order valence-electron chi connectivity index (χ4n) is 1.35. The van der Waals surface area contributed by atoms with Crippen molar-refractivity contribution >= 4 is 23.2 Å². The normalized spacial score (nSPS) is 9.90. The van der Waals surface area contributed by atoms with Crippen molar-refractivity contribution < 1.29 is 10.2 Å². The number of phenols is 2. The molecule has 4 nitrogen and oxygen atoms in total. The highest BCUT2D eigenvalue weighted by atomic mass is 35.5. The summed E-state index contributed by atoms with van der Waals surface area (Å²) in [6.07, 6.45) is 0. The van der Waals surface area contributed by atoms with Gasteiger partial charge >= 0.3 is 0 Å². The van der Waals surface area contributed by atoms with Crippen molar-refractivity contribution in [2.24, 2.45) is 0 Å². The molecule has 0 spiro atoms. The molecule has 0 atom stereocenters. The molecule has 0 radical (unpaired) electrons. The van der Waals surface area contributed by atoms with Gasteiger partial charge in [-0.3, -0.25) is 9.97 Å². The average Bonchev–Trinajstić information content (AvgIpc) is 2.35. The van der Waals surface area contributed by atoms with Gasteiger partial charge in [0.2, 0.25) is 0 Å². The molecule has 0 aliphatic carbocycles. The van der Waals surface area contributed by atoms with Crippen molar-refractivity contribution in [2.45, 2.75) is 27.7 Å². The van der Waals surface area contributed by atoms with Gasteiger partial charge in [0.1, 0.15) is 11.5 Å². The van der Waals surface area contributed by atoms with E-state index in [-0.39, 0.29) is 21.5 Å². The molecule has 1 aromatic heterocycles. The molecule has 1 heterocycles. The van der Waals surface area contributed by atoms with Crippen LogP contribution in [0, 0.1) is 27.7 Å². The topological polar surface area (TPSA) is 66.2 Å². The highest BCUT2D eigenvalue weighted by Gasteiger charge is 2.03. The second-order valence-electron chi connectivity index (χ2n) is 4.32. The number of nitrogens with zero attached hydrogens (tertiary/aromatic N) is 2. The van der Waals surface area contributed by atoms with Crippen LogP contribution in [0.1, 0.15) is 22.8 Å². The molecule has 0 unspecified atom stereocenters. The lowest BCUT2D eigenvalue weighted by Gasteiger charge is -2.01. The first-order valence-electron chi connectivity index (χ1n) is 5.87. The second-order valence-corrected chi connectivity index (χ2v) is 5.13. The quantitative estimate of drug-likeness (QED) is 0.767. The number of aromatic hydroxyl groups is 2. The summed E-state index contributed by atoms with van der Waals surface area (Å²) in [5.41, 5.74) is 4.12. The SMILES string of the molecule is Cc1nc(C)c(C)nc1C.Oc1cc(O)c(Cl)cc1Cl. The first-order valence-corrected chi connectivity index (χ1v) is 6.63. The van der Waals surface area contributed by atoms with E-state index in [2.05, 4.69) is 9.97 Å². The van der Waals surface area contributed by atoms with Crippen LogP contribution in [0.2, 0.25) is 10.0 Å². The van der Waals surface area contributed by atoms with Crippen LogP contribution in [0.15, 0.2) is 12.1 Å². The van der Waals surface area contributed by atoms with Gasteiger partial charge in [0.25, 0.3) is 0 Å². The third-order valence-corrected chi connectivity index (χ3v) is 3.34. The van der Waals surface area contributed by atoms with Crippen LogP contribution in [0.4, 0.5) is 0 Å². The highest BCUT2D eigenvalue weighted by molar-refractivity contribution is 6.36. The molecule has 108 valence electrons. The van der Waals surface area contributed by atoms with Crippen LogP contribution < -0.4 is 0 Å². The Morgan fingerprint density at radius 1 is 0.700 bits per heavy atom. The Labute approximate surface area is 128 Å². The predicted octanol–water partition coefficient (Wildman–Crippen LogP) is 4.11. The summed E-state index contributed by atoms with van der Waals surface area (Å²) < 4.78 is 0. The van der Waals surface area contributed by atoms with Gasteiger partial charge in [0.15, 0.2) is 0 Å². The van der Waals surface area contributed by atoms with Crippen molar-refractivity contribution in [2.75, 3.05) is 0 Å². The lowest BCUT2D eigenvalue weighted by atomic mass is 10.3. The van der Waals surface area contributed by atoms with Gasteiger partial charge in [-0.05, 0) is 33.8 Å². The molecular weight excluding hydrogens is 299 g/mol. The number of benzene rings is 1. The minimum Gasteiger partial charge on any atom is -0.506 e. The smallest absolute Gasteiger partial charge is 0.137 e. The van der Waals surface area contributed by atoms with E-state index in [0.29, 0.717) is 0 Å². The summed E-state index contributed by atoms with van der Waals surface area (Å²) in [5, 5.41) is 18.0. The predicted molar refractivity (Wildman–Crippen MR) is 80.8 cm³/mol. The molecule has 20 heavy (non-hydrogen) atoms. The second kappa shape index (κ2) is 6.77. The number of hydrogen-bond donors (Lipinski definition) is 2. The third kappa shape index (κ3) is 4.25. The van der Waals surface area contributed by atoms with Crippen LogP contribution in [-0.4, -0.2) is 20.2 Å². The molecule has 2 aromatic rings. The number of aryl methyl sites for hydroxylation is 4. The Balaban J connectivity index is 0.000000200. The van der Waals surface area contributed by atoms with Gasteiger partial charge < -0.3 is 10.2 Å². The largest absolute Gasteiger partial charge is 0.506 e. The summed E-state index contributed by atoms with van der Waals surface area (Å²) in [7, 11) is 0. The first kappa shape index (κ1) is 16.5. The molecule has 6 heteroatoms. The number of halogens is 2. The number of aromatic nitrogens is 2. The van der Waals surface area contributed by atoms with Crippen LogP contribution in [0.3, 0.4) is 0 Å². The standard InChI is InChI=1S/C8H12N2.C6H4Cl2O2/c1-5-6(2)10-8(4)7(3)9-5;7-3-1-4(8)6(10)2-5(3)9/h1-4H3;1-2,9-10H. The maximum atomic E-state index is 8.87. The van der Waals surface area contributed by atoms with Crippen LogP contribution in [0.25, 0.3) is 0 Å². The zero-order valence-corrected chi connectivity index (χ0v) is 13.2. The molecule has 2 N–H and O–H groups in total. The van der Waals surface area contributed by atoms with E-state index in [4.69, 9.17) is 33.4 Å². The van der Waals surface area contributed by atoms with Gasteiger partial charge in [-0.25, -0.2) is 0 Å². The van der Waals surface area contributed by atoms with Crippen molar-refractivity contribution in [3.05, 3.63) is 45.0 Å². The van der Waals surface area contributed by atoms with Gasteiger partial charge in [-0.1, -0.05) is 23.2 Å². The first-order chi connectivity index (χ1) is 9.22. The van der Waals surface area contributed by atoms with Gasteiger partial charge in [-0.2, -0.15) is 0 Å². The monoisotopic (exact) mass is 314 g/mol. The Morgan fingerprint density at radius 2 is 1.00 bits per heavy atom. The minimum atomic E-state index is -0.177. The Kier molecular flexibility index (Phi) is 5.60. The minimum absolute atomic E-state index is 0.128. The maximum absolute atomic E-state index is 8.87. The Hall–Kier alpha value is -1.52. The molecule has 0 saturated carbocycles. The molecule has 0 aliphatic rings. The lowest BCUT2D eigenvalue weighted by Crippen LogP contribution is -1.97. The van der Waals surface area contributed by atoms with Crippen molar-refractivity contribution in [1.82, 2.24) is 9.97 Å². The maximum Gasteiger partial charge on any atom is 0.137 e. The fraction of sp³-hybridized carbons (Fsp3) is 0.286. The zero-order valence-electron chi connectivity index (χ0n) is 11.7. The fourth-order valence-corrected chi connectivity index (χ4v) is 1.74. The number of phenolic OH excluding ortho intramolecular Hbond substituents is 2. The molecule has 0 aliphatic heterocycles. The Bertz CT molecular complexity index is 475. The summed E-state index contributed by atoms with van der Waals surface area (Å²) in [6, 6.07) is 2.36. The molecule has 2 rings (SSSR count).